The first-order valence-electron chi connectivity index (χ1n) is 5.74. The summed E-state index contributed by atoms with van der Waals surface area (Å²) in [7, 11) is 1.87. The fourth-order valence-electron chi connectivity index (χ4n) is 1.84. The standard InChI is InChI=1S/C11H17N3O2S/c1-13-9(7-15)6-12-11(13)17-8-14-5-3-2-4-10(14)16/h6,15H,2-5,7-8H2,1H3. The Morgan fingerprint density at radius 1 is 1.53 bits per heavy atom. The van der Waals surface area contributed by atoms with Gasteiger partial charge >= 0.3 is 0 Å². The monoisotopic (exact) mass is 255 g/mol. The summed E-state index contributed by atoms with van der Waals surface area (Å²) in [4.78, 5) is 17.7. The van der Waals surface area contributed by atoms with E-state index in [9.17, 15) is 4.79 Å². The van der Waals surface area contributed by atoms with Gasteiger partial charge in [0.05, 0.1) is 24.4 Å². The van der Waals surface area contributed by atoms with Crippen LogP contribution in [0.2, 0.25) is 0 Å². The van der Waals surface area contributed by atoms with Gasteiger partial charge in [-0.25, -0.2) is 4.98 Å². The Balaban J connectivity index is 1.92. The lowest BCUT2D eigenvalue weighted by atomic mass is 10.1. The molecule has 0 unspecified atom stereocenters. The molecule has 1 amide bonds. The molecule has 0 bridgehead atoms. The second-order valence-corrected chi connectivity index (χ2v) is 5.05. The number of hydrogen-bond acceptors (Lipinski definition) is 4. The van der Waals surface area contributed by atoms with Gasteiger partial charge in [0.25, 0.3) is 0 Å². The number of aliphatic hydroxyl groups is 1. The van der Waals surface area contributed by atoms with Crippen molar-refractivity contribution in [3.63, 3.8) is 0 Å². The summed E-state index contributed by atoms with van der Waals surface area (Å²) in [6, 6.07) is 0. The summed E-state index contributed by atoms with van der Waals surface area (Å²) in [5, 5.41) is 9.90. The van der Waals surface area contributed by atoms with Gasteiger partial charge in [-0.1, -0.05) is 11.8 Å². The molecule has 6 heteroatoms. The quantitative estimate of drug-likeness (QED) is 0.815. The molecule has 0 aromatic carbocycles. The van der Waals surface area contributed by atoms with Crippen molar-refractivity contribution in [1.82, 2.24) is 14.5 Å². The summed E-state index contributed by atoms with van der Waals surface area (Å²) in [6.45, 7) is 0.843. The van der Waals surface area contributed by atoms with Gasteiger partial charge in [-0.3, -0.25) is 4.79 Å². The molecule has 0 atom stereocenters. The van der Waals surface area contributed by atoms with Gasteiger partial charge in [-0.2, -0.15) is 0 Å². The second-order valence-electron chi connectivity index (χ2n) is 4.14. The van der Waals surface area contributed by atoms with Crippen molar-refractivity contribution in [2.45, 2.75) is 31.0 Å². The molecule has 0 saturated carbocycles. The molecule has 1 aliphatic rings. The highest BCUT2D eigenvalue weighted by Crippen LogP contribution is 2.21. The summed E-state index contributed by atoms with van der Waals surface area (Å²) < 4.78 is 1.86. The van der Waals surface area contributed by atoms with E-state index in [4.69, 9.17) is 5.11 Å². The summed E-state index contributed by atoms with van der Waals surface area (Å²) in [5.74, 6) is 0.884. The molecule has 0 radical (unpaired) electrons. The number of imidazole rings is 1. The molecule has 2 rings (SSSR count). The van der Waals surface area contributed by atoms with Crippen molar-refractivity contribution in [1.29, 1.82) is 0 Å². The van der Waals surface area contributed by atoms with Gasteiger partial charge in [0.15, 0.2) is 5.16 Å². The van der Waals surface area contributed by atoms with Crippen molar-refractivity contribution in [2.24, 2.45) is 7.05 Å². The molecule has 1 saturated heterocycles. The predicted octanol–water partition coefficient (Wildman–Crippen LogP) is 0.974. The van der Waals surface area contributed by atoms with Crippen molar-refractivity contribution in [3.05, 3.63) is 11.9 Å². The van der Waals surface area contributed by atoms with Crippen LogP contribution in [0.4, 0.5) is 0 Å². The number of likely N-dealkylation sites (tertiary alicyclic amines) is 1. The number of nitrogens with zero attached hydrogens (tertiary/aromatic N) is 3. The minimum atomic E-state index is -0.00724. The molecular weight excluding hydrogens is 238 g/mol. The summed E-state index contributed by atoms with van der Waals surface area (Å²) in [5.41, 5.74) is 0.789. The average molecular weight is 255 g/mol. The van der Waals surface area contributed by atoms with E-state index in [0.717, 1.165) is 30.2 Å². The molecule has 0 spiro atoms. The largest absolute Gasteiger partial charge is 0.390 e. The average Bonchev–Trinajstić information content (AvgIpc) is 2.69. The van der Waals surface area contributed by atoms with E-state index in [-0.39, 0.29) is 12.5 Å². The van der Waals surface area contributed by atoms with Crippen LogP contribution in [0.5, 0.6) is 0 Å². The third-order valence-electron chi connectivity index (χ3n) is 2.97. The van der Waals surface area contributed by atoms with Crippen molar-refractivity contribution >= 4 is 17.7 Å². The molecule has 0 aliphatic carbocycles. The van der Waals surface area contributed by atoms with E-state index in [1.165, 1.54) is 11.8 Å². The van der Waals surface area contributed by atoms with E-state index < -0.39 is 0 Å². The number of thioether (sulfide) groups is 1. The zero-order chi connectivity index (χ0) is 12.3. The van der Waals surface area contributed by atoms with E-state index in [1.807, 2.05) is 16.5 Å². The molecule has 94 valence electrons. The molecule has 1 aliphatic heterocycles. The molecule has 2 heterocycles. The van der Waals surface area contributed by atoms with Crippen LogP contribution in [0, 0.1) is 0 Å². The fourth-order valence-corrected chi connectivity index (χ4v) is 2.82. The van der Waals surface area contributed by atoms with E-state index >= 15 is 0 Å². The zero-order valence-electron chi connectivity index (χ0n) is 9.93. The van der Waals surface area contributed by atoms with Gasteiger partial charge < -0.3 is 14.6 Å². The van der Waals surface area contributed by atoms with Crippen LogP contribution < -0.4 is 0 Å². The van der Waals surface area contributed by atoms with Crippen LogP contribution in [0.3, 0.4) is 0 Å². The number of aliphatic hydroxyl groups excluding tert-OH is 1. The van der Waals surface area contributed by atoms with E-state index in [0.29, 0.717) is 12.3 Å². The highest BCUT2D eigenvalue weighted by atomic mass is 32.2. The smallest absolute Gasteiger partial charge is 0.223 e. The van der Waals surface area contributed by atoms with Gasteiger partial charge in [-0.15, -0.1) is 0 Å². The Bertz CT molecular complexity index is 405. The Labute approximate surface area is 105 Å². The third kappa shape index (κ3) is 2.81. The minimum absolute atomic E-state index is 0.00724. The first-order chi connectivity index (χ1) is 8.22. The zero-order valence-corrected chi connectivity index (χ0v) is 10.7. The van der Waals surface area contributed by atoms with E-state index in [1.54, 1.807) is 6.20 Å². The Kier molecular flexibility index (Phi) is 4.06. The maximum absolute atomic E-state index is 11.6. The van der Waals surface area contributed by atoms with Gasteiger partial charge in [0.2, 0.25) is 5.91 Å². The number of rotatable bonds is 4. The van der Waals surface area contributed by atoms with Crippen LogP contribution in [-0.2, 0) is 18.4 Å². The number of carbonyl (C=O) groups excluding carboxylic acids is 1. The van der Waals surface area contributed by atoms with Crippen LogP contribution in [-0.4, -0.2) is 37.9 Å². The number of piperidine rings is 1. The lowest BCUT2D eigenvalue weighted by Gasteiger charge is -2.25. The van der Waals surface area contributed by atoms with Gasteiger partial charge in [-0.05, 0) is 12.8 Å². The predicted molar refractivity (Wildman–Crippen MR) is 65.4 cm³/mol. The molecule has 1 N–H and O–H groups in total. The van der Waals surface area contributed by atoms with Crippen LogP contribution in [0.1, 0.15) is 25.0 Å². The molecule has 5 nitrogen and oxygen atoms in total. The van der Waals surface area contributed by atoms with Crippen molar-refractivity contribution in [3.8, 4) is 0 Å². The number of carbonyl (C=O) groups is 1. The first-order valence-corrected chi connectivity index (χ1v) is 6.73. The van der Waals surface area contributed by atoms with Crippen LogP contribution >= 0.6 is 11.8 Å². The first kappa shape index (κ1) is 12.4. The fraction of sp³-hybridized carbons (Fsp3) is 0.636. The van der Waals surface area contributed by atoms with Crippen molar-refractivity contribution in [2.75, 3.05) is 12.4 Å². The summed E-state index contributed by atoms with van der Waals surface area (Å²) >= 11 is 1.54. The normalized spacial score (nSPS) is 16.6. The SMILES string of the molecule is Cn1c(CO)cnc1SCN1CCCCC1=O. The Morgan fingerprint density at radius 2 is 2.35 bits per heavy atom. The van der Waals surface area contributed by atoms with Crippen molar-refractivity contribution < 1.29 is 9.90 Å². The van der Waals surface area contributed by atoms with Gasteiger partial charge in [0, 0.05) is 20.0 Å². The Hall–Kier alpha value is -1.01. The summed E-state index contributed by atoms with van der Waals surface area (Å²) in [6.07, 6.45) is 4.44. The van der Waals surface area contributed by atoms with Crippen LogP contribution in [0.15, 0.2) is 11.4 Å². The maximum Gasteiger partial charge on any atom is 0.223 e. The van der Waals surface area contributed by atoms with Gasteiger partial charge in [0.1, 0.15) is 0 Å². The number of amides is 1. The third-order valence-corrected chi connectivity index (χ3v) is 4.05. The minimum Gasteiger partial charge on any atom is -0.390 e. The molecule has 1 fully saturated rings. The lowest BCUT2D eigenvalue weighted by molar-refractivity contribution is -0.132. The Morgan fingerprint density at radius 3 is 3.00 bits per heavy atom. The number of aromatic nitrogens is 2. The van der Waals surface area contributed by atoms with Crippen LogP contribution in [0.25, 0.3) is 0 Å². The molecule has 1 aromatic rings. The second kappa shape index (κ2) is 5.55. The highest BCUT2D eigenvalue weighted by molar-refractivity contribution is 7.99. The lowest BCUT2D eigenvalue weighted by Crippen LogP contribution is -2.34. The number of hydrogen-bond donors (Lipinski definition) is 1. The topological polar surface area (TPSA) is 58.4 Å². The molecule has 17 heavy (non-hydrogen) atoms. The molecular formula is C11H17N3O2S. The molecule has 1 aromatic heterocycles. The van der Waals surface area contributed by atoms with E-state index in [2.05, 4.69) is 4.98 Å². The highest BCUT2D eigenvalue weighted by Gasteiger charge is 2.18. The maximum atomic E-state index is 11.6.